The normalized spacial score (nSPS) is 13.3. The van der Waals surface area contributed by atoms with Crippen molar-refractivity contribution in [1.82, 2.24) is 4.90 Å². The quantitative estimate of drug-likeness (QED) is 0.740. The monoisotopic (exact) mass is 386 g/mol. The van der Waals surface area contributed by atoms with Gasteiger partial charge in [-0.05, 0) is 49.9 Å². The smallest absolute Gasteiger partial charge is 0.246 e. The Balaban J connectivity index is 2.05. The number of carbonyl (C=O) groups is 1. The van der Waals surface area contributed by atoms with Crippen molar-refractivity contribution < 1.29 is 13.2 Å². The second-order valence-electron chi connectivity index (χ2n) is 6.72. The van der Waals surface area contributed by atoms with Gasteiger partial charge in [0, 0.05) is 13.1 Å². The van der Waals surface area contributed by atoms with Crippen LogP contribution in [0.25, 0.3) is 0 Å². The Morgan fingerprint density at radius 2 is 1.81 bits per heavy atom. The fraction of sp³-hybridized carbons (Fsp3) is 0.286. The third-order valence-corrected chi connectivity index (χ3v) is 5.53. The number of hydrogen-bond acceptors (Lipinski definition) is 3. The number of benzene rings is 2. The van der Waals surface area contributed by atoms with E-state index in [1.807, 2.05) is 32.0 Å². The summed E-state index contributed by atoms with van der Waals surface area (Å²) in [6.45, 7) is 3.80. The molecule has 1 amide bonds. The highest BCUT2D eigenvalue weighted by Gasteiger charge is 2.18. The minimum atomic E-state index is -3.77. The van der Waals surface area contributed by atoms with E-state index in [2.05, 4.69) is 12.1 Å². The molecule has 0 spiro atoms. The summed E-state index contributed by atoms with van der Waals surface area (Å²) in [5.74, 6) is -0.117. The Morgan fingerprint density at radius 1 is 1.15 bits per heavy atom. The summed E-state index contributed by atoms with van der Waals surface area (Å²) in [7, 11) is -2.07. The lowest BCUT2D eigenvalue weighted by molar-refractivity contribution is -0.126. The first-order valence-corrected chi connectivity index (χ1v) is 10.3. The van der Waals surface area contributed by atoms with Crippen molar-refractivity contribution in [3.63, 3.8) is 0 Å². The van der Waals surface area contributed by atoms with Gasteiger partial charge in [-0.15, -0.1) is 0 Å². The summed E-state index contributed by atoms with van der Waals surface area (Å²) in [6, 6.07) is 16.2. The molecule has 0 saturated carbocycles. The van der Waals surface area contributed by atoms with Crippen LogP contribution in [0.2, 0.25) is 0 Å². The van der Waals surface area contributed by atoms with Crippen LogP contribution in [0.4, 0.5) is 0 Å². The maximum absolute atomic E-state index is 12.6. The Morgan fingerprint density at radius 3 is 2.44 bits per heavy atom. The van der Waals surface area contributed by atoms with E-state index in [-0.39, 0.29) is 16.8 Å². The van der Waals surface area contributed by atoms with Gasteiger partial charge in [0.05, 0.1) is 10.9 Å². The Bertz CT molecular complexity index is 921. The molecule has 2 aromatic carbocycles. The van der Waals surface area contributed by atoms with Gasteiger partial charge in [0.15, 0.2) is 0 Å². The third kappa shape index (κ3) is 6.05. The first-order chi connectivity index (χ1) is 12.7. The summed E-state index contributed by atoms with van der Waals surface area (Å²) >= 11 is 0. The van der Waals surface area contributed by atoms with Gasteiger partial charge < -0.3 is 4.90 Å². The predicted octanol–water partition coefficient (Wildman–Crippen LogP) is 3.43. The lowest BCUT2D eigenvalue weighted by atomic mass is 10.0. The molecule has 2 aromatic rings. The van der Waals surface area contributed by atoms with Crippen molar-refractivity contribution in [2.24, 2.45) is 5.14 Å². The van der Waals surface area contributed by atoms with Gasteiger partial charge in [0.2, 0.25) is 15.9 Å². The second kappa shape index (κ2) is 8.97. The highest BCUT2D eigenvalue weighted by molar-refractivity contribution is 7.89. The van der Waals surface area contributed by atoms with Crippen molar-refractivity contribution in [1.29, 1.82) is 0 Å². The standard InChI is InChI=1S/C21H26N2O3S/c1-16(12-13-18-8-5-4-6-9-18)14-21(24)23(3)17(2)19-10-7-11-20(15-19)27(22,25)26/h4-11,14-15,17H,12-13H2,1-3H3,(H2,22,25,26). The van der Waals surface area contributed by atoms with Gasteiger partial charge in [-0.1, -0.05) is 48.0 Å². The van der Waals surface area contributed by atoms with Gasteiger partial charge in [0.1, 0.15) is 0 Å². The maximum atomic E-state index is 12.6. The molecule has 0 aliphatic rings. The minimum Gasteiger partial charge on any atom is -0.335 e. The van der Waals surface area contributed by atoms with Gasteiger partial charge >= 0.3 is 0 Å². The van der Waals surface area contributed by atoms with Crippen molar-refractivity contribution in [2.75, 3.05) is 7.05 Å². The molecular weight excluding hydrogens is 360 g/mol. The molecule has 0 aliphatic heterocycles. The van der Waals surface area contributed by atoms with E-state index in [1.54, 1.807) is 30.2 Å². The number of primary sulfonamides is 1. The van der Waals surface area contributed by atoms with E-state index in [4.69, 9.17) is 5.14 Å². The molecule has 0 radical (unpaired) electrons. The number of nitrogens with two attached hydrogens (primary N) is 1. The molecule has 27 heavy (non-hydrogen) atoms. The van der Waals surface area contributed by atoms with Crippen molar-refractivity contribution in [2.45, 2.75) is 37.6 Å². The lowest BCUT2D eigenvalue weighted by Crippen LogP contribution is -2.28. The number of aryl methyl sites for hydroxylation is 1. The molecule has 0 aliphatic carbocycles. The van der Waals surface area contributed by atoms with Gasteiger partial charge in [-0.25, -0.2) is 13.6 Å². The number of allylic oxidation sites excluding steroid dienone is 1. The summed E-state index contributed by atoms with van der Waals surface area (Å²) in [5.41, 5.74) is 2.95. The number of likely N-dealkylation sites (N-methyl/N-ethyl adjacent to an activating group) is 1. The van der Waals surface area contributed by atoms with E-state index in [0.717, 1.165) is 18.4 Å². The number of hydrogen-bond donors (Lipinski definition) is 1. The molecule has 1 unspecified atom stereocenters. The summed E-state index contributed by atoms with van der Waals surface area (Å²) in [6.07, 6.45) is 3.33. The maximum Gasteiger partial charge on any atom is 0.246 e. The van der Waals surface area contributed by atoms with E-state index >= 15 is 0 Å². The molecule has 144 valence electrons. The molecule has 0 bridgehead atoms. The molecule has 0 saturated heterocycles. The van der Waals surface area contributed by atoms with Crippen LogP contribution in [0.1, 0.15) is 37.4 Å². The molecule has 6 heteroatoms. The molecule has 1 atom stereocenters. The highest BCUT2D eigenvalue weighted by atomic mass is 32.2. The van der Waals surface area contributed by atoms with E-state index in [1.165, 1.54) is 17.7 Å². The SMILES string of the molecule is CC(=CC(=O)N(C)C(C)c1cccc(S(N)(=O)=O)c1)CCc1ccccc1. The highest BCUT2D eigenvalue weighted by Crippen LogP contribution is 2.22. The molecule has 0 aromatic heterocycles. The second-order valence-corrected chi connectivity index (χ2v) is 8.28. The predicted molar refractivity (Wildman–Crippen MR) is 108 cm³/mol. The first kappa shape index (κ1) is 20.9. The molecular formula is C21H26N2O3S. The zero-order valence-electron chi connectivity index (χ0n) is 15.9. The average Bonchev–Trinajstić information content (AvgIpc) is 2.65. The molecule has 0 fully saturated rings. The van der Waals surface area contributed by atoms with Crippen LogP contribution in [-0.4, -0.2) is 26.3 Å². The van der Waals surface area contributed by atoms with Crippen molar-refractivity contribution >= 4 is 15.9 Å². The van der Waals surface area contributed by atoms with E-state index < -0.39 is 10.0 Å². The minimum absolute atomic E-state index is 0.0438. The van der Waals surface area contributed by atoms with Gasteiger partial charge in [-0.2, -0.15) is 0 Å². The van der Waals surface area contributed by atoms with Crippen LogP contribution in [0, 0.1) is 0 Å². The Kier molecular flexibility index (Phi) is 6.93. The zero-order valence-corrected chi connectivity index (χ0v) is 16.7. The van der Waals surface area contributed by atoms with Crippen LogP contribution in [0.15, 0.2) is 71.1 Å². The molecule has 2 rings (SSSR count). The molecule has 2 N–H and O–H groups in total. The van der Waals surface area contributed by atoms with Crippen LogP contribution in [-0.2, 0) is 21.2 Å². The van der Waals surface area contributed by atoms with Crippen LogP contribution >= 0.6 is 0 Å². The Hall–Kier alpha value is -2.44. The van der Waals surface area contributed by atoms with E-state index in [9.17, 15) is 13.2 Å². The third-order valence-electron chi connectivity index (χ3n) is 4.62. The summed E-state index contributed by atoms with van der Waals surface area (Å²) < 4.78 is 23.1. The molecule has 5 nitrogen and oxygen atoms in total. The zero-order chi connectivity index (χ0) is 20.0. The van der Waals surface area contributed by atoms with Crippen LogP contribution in [0.5, 0.6) is 0 Å². The summed E-state index contributed by atoms with van der Waals surface area (Å²) in [4.78, 5) is 14.2. The topological polar surface area (TPSA) is 80.5 Å². The van der Waals surface area contributed by atoms with E-state index in [0.29, 0.717) is 5.56 Å². The summed E-state index contributed by atoms with van der Waals surface area (Å²) in [5, 5.41) is 5.19. The Labute approximate surface area is 161 Å². The van der Waals surface area contributed by atoms with Gasteiger partial charge in [0.25, 0.3) is 0 Å². The largest absolute Gasteiger partial charge is 0.335 e. The number of sulfonamides is 1. The van der Waals surface area contributed by atoms with Crippen molar-refractivity contribution in [3.8, 4) is 0 Å². The number of rotatable bonds is 7. The number of carbonyl (C=O) groups excluding carboxylic acids is 1. The van der Waals surface area contributed by atoms with Crippen LogP contribution in [0.3, 0.4) is 0 Å². The lowest BCUT2D eigenvalue weighted by Gasteiger charge is -2.24. The fourth-order valence-electron chi connectivity index (χ4n) is 2.74. The van der Waals surface area contributed by atoms with Gasteiger partial charge in [-0.3, -0.25) is 4.79 Å². The van der Waals surface area contributed by atoms with Crippen LogP contribution < -0.4 is 5.14 Å². The van der Waals surface area contributed by atoms with Crippen molar-refractivity contribution in [3.05, 3.63) is 77.4 Å². The fourth-order valence-corrected chi connectivity index (χ4v) is 3.31. The first-order valence-electron chi connectivity index (χ1n) is 8.79. The number of amides is 1. The number of nitrogens with zero attached hydrogens (tertiary/aromatic N) is 1. The molecule has 0 heterocycles. The average molecular weight is 387 g/mol.